The topological polar surface area (TPSA) is 69.9 Å². The predicted octanol–water partition coefficient (Wildman–Crippen LogP) is 14.9. The zero-order valence-corrected chi connectivity index (χ0v) is 39.5. The van der Waals surface area contributed by atoms with Crippen LogP contribution in [0.3, 0.4) is 0 Å². The van der Waals surface area contributed by atoms with Crippen LogP contribution in [-0.2, 0) is 31.9 Å². The molecule has 4 heterocycles. The van der Waals surface area contributed by atoms with E-state index in [1.165, 1.54) is 11.8 Å². The average molecular weight is 1030 g/mol. The molecule has 1 unspecified atom stereocenters. The molecule has 3 aromatic heterocycles. The van der Waals surface area contributed by atoms with E-state index in [2.05, 4.69) is 177 Å². The third-order valence-corrected chi connectivity index (χ3v) is 11.7. The van der Waals surface area contributed by atoms with Crippen LogP contribution in [0.1, 0.15) is 74.4 Å². The molecule has 0 aliphatic carbocycles. The van der Waals surface area contributed by atoms with E-state index in [-0.39, 0.29) is 32.0 Å². The Morgan fingerprint density at radius 2 is 1.11 bits per heavy atom. The van der Waals surface area contributed by atoms with Crippen molar-refractivity contribution in [2.45, 2.75) is 58.4 Å². The fourth-order valence-electron chi connectivity index (χ4n) is 7.99. The van der Waals surface area contributed by atoms with Crippen LogP contribution in [0.5, 0.6) is 0 Å². The number of aromatic nitrogens is 3. The first-order valence-electron chi connectivity index (χ1n) is 21.6. The van der Waals surface area contributed by atoms with E-state index < -0.39 is 17.4 Å². The number of para-hydroxylation sites is 2. The van der Waals surface area contributed by atoms with Gasteiger partial charge in [-0.3, -0.25) is 4.98 Å². The molecule has 0 saturated carbocycles. The van der Waals surface area contributed by atoms with Crippen molar-refractivity contribution in [3.8, 4) is 11.3 Å². The summed E-state index contributed by atoms with van der Waals surface area (Å²) in [7, 11) is 0. The second-order valence-corrected chi connectivity index (χ2v) is 17.7. The number of aryl methyl sites for hydroxylation is 1. The van der Waals surface area contributed by atoms with Crippen LogP contribution in [0.15, 0.2) is 192 Å². The van der Waals surface area contributed by atoms with Gasteiger partial charge in [-0.2, -0.15) is 10.2 Å². The molecular formula is C56H49FN7Pt-. The molecule has 1 atom stereocenters. The molecule has 1 aliphatic rings. The zero-order valence-electron chi connectivity index (χ0n) is 37.2. The molecule has 5 aromatic carbocycles. The van der Waals surface area contributed by atoms with E-state index in [4.69, 9.17) is 15.1 Å². The number of azo groups is 1. The Hall–Kier alpha value is -6.89. The van der Waals surface area contributed by atoms with Crippen molar-refractivity contribution in [1.82, 2.24) is 15.0 Å². The van der Waals surface area contributed by atoms with Gasteiger partial charge < -0.3 is 19.8 Å². The summed E-state index contributed by atoms with van der Waals surface area (Å²) in [4.78, 5) is 19.1. The minimum Gasteiger partial charge on any atom is -0.326 e. The van der Waals surface area contributed by atoms with Crippen LogP contribution in [-0.4, -0.2) is 15.0 Å². The third kappa shape index (κ3) is 9.50. The van der Waals surface area contributed by atoms with Gasteiger partial charge in [0.15, 0.2) is 0 Å². The Morgan fingerprint density at radius 3 is 1.68 bits per heavy atom. The van der Waals surface area contributed by atoms with Gasteiger partial charge in [0.05, 0.1) is 17.1 Å². The standard InChI is InChI=1S/C56H49FN7.Pt/c1-38-24-28-43(29-25-38)63(41-19-12-8-13-20-41)45-33-49(47-23-16-32-58-54(47)57)59-52(35-45)56(5,6)53-36-46(34-50(60-53)51-37-48(61-62-51)39-17-10-7-11-18-39)64(42-21-14-9-15-22-42)44-30-26-40(27-31-44)55(2,3)4;/h7-22,24-37,51H,1-6H3;/q-1;. The average Bonchev–Trinajstić information content (AvgIpc) is 3.82. The molecule has 65 heavy (non-hydrogen) atoms. The number of hydrogen-bond donors (Lipinski definition) is 0. The maximum atomic E-state index is 15.7. The summed E-state index contributed by atoms with van der Waals surface area (Å²) in [5.74, 6) is -0.650. The van der Waals surface area contributed by atoms with Crippen LogP contribution < -0.4 is 9.80 Å². The Morgan fingerprint density at radius 1 is 0.585 bits per heavy atom. The number of rotatable bonds is 11. The van der Waals surface area contributed by atoms with Gasteiger partial charge >= 0.3 is 0 Å². The van der Waals surface area contributed by atoms with Crippen molar-refractivity contribution >= 4 is 39.8 Å². The van der Waals surface area contributed by atoms with Gasteiger partial charge in [0.25, 0.3) is 0 Å². The van der Waals surface area contributed by atoms with Gasteiger partial charge in [-0.25, -0.2) is 4.39 Å². The Labute approximate surface area is 395 Å². The second-order valence-electron chi connectivity index (χ2n) is 17.7. The number of pyridine rings is 3. The van der Waals surface area contributed by atoms with Gasteiger partial charge in [0.2, 0.25) is 0 Å². The molecule has 1 aliphatic heterocycles. The molecule has 7 nitrogen and oxygen atoms in total. The van der Waals surface area contributed by atoms with Crippen LogP contribution in [0, 0.1) is 18.9 Å². The fraction of sp³-hybridized carbons (Fsp3) is 0.161. The Kier molecular flexibility index (Phi) is 12.8. The van der Waals surface area contributed by atoms with Crippen LogP contribution in [0.2, 0.25) is 0 Å². The maximum absolute atomic E-state index is 15.7. The third-order valence-electron chi connectivity index (χ3n) is 11.7. The number of nitrogens with zero attached hydrogens (tertiary/aromatic N) is 7. The van der Waals surface area contributed by atoms with Gasteiger partial charge in [-0.15, -0.1) is 12.1 Å². The van der Waals surface area contributed by atoms with Crippen molar-refractivity contribution in [3.05, 3.63) is 228 Å². The van der Waals surface area contributed by atoms with E-state index in [9.17, 15) is 0 Å². The molecule has 0 spiro atoms. The van der Waals surface area contributed by atoms with E-state index >= 15 is 4.39 Å². The fourth-order valence-corrected chi connectivity index (χ4v) is 7.99. The predicted molar refractivity (Wildman–Crippen MR) is 257 cm³/mol. The number of hydrogen-bond acceptors (Lipinski definition) is 7. The van der Waals surface area contributed by atoms with Crippen molar-refractivity contribution in [1.29, 1.82) is 0 Å². The summed E-state index contributed by atoms with van der Waals surface area (Å²) in [6.07, 6.45) is 3.47. The molecule has 0 radical (unpaired) electrons. The summed E-state index contributed by atoms with van der Waals surface area (Å²) < 4.78 is 15.7. The van der Waals surface area contributed by atoms with E-state index in [1.807, 2.05) is 60.7 Å². The van der Waals surface area contributed by atoms with Gasteiger partial charge in [0.1, 0.15) is 12.0 Å². The number of halogens is 1. The molecule has 0 bridgehead atoms. The second kappa shape index (κ2) is 18.7. The summed E-state index contributed by atoms with van der Waals surface area (Å²) in [5.41, 5.74) is 11.6. The maximum Gasteiger partial charge on any atom is 0.134 e. The van der Waals surface area contributed by atoms with Crippen molar-refractivity contribution < 1.29 is 25.5 Å². The van der Waals surface area contributed by atoms with Crippen molar-refractivity contribution in [3.63, 3.8) is 0 Å². The monoisotopic (exact) mass is 1030 g/mol. The zero-order chi connectivity index (χ0) is 44.4. The van der Waals surface area contributed by atoms with Crippen LogP contribution >= 0.6 is 0 Å². The van der Waals surface area contributed by atoms with Gasteiger partial charge in [-0.05, 0) is 110 Å². The van der Waals surface area contributed by atoms with Crippen LogP contribution in [0.4, 0.5) is 38.5 Å². The molecule has 9 heteroatoms. The van der Waals surface area contributed by atoms with E-state index in [1.54, 1.807) is 6.07 Å². The first-order chi connectivity index (χ1) is 30.9. The first-order valence-corrected chi connectivity index (χ1v) is 21.6. The Bertz CT molecular complexity index is 2970. The van der Waals surface area contributed by atoms with Gasteiger partial charge in [0, 0.05) is 71.9 Å². The SMILES string of the molecule is Cc1ccc(N(c2ccccc2)c2cc(-c3[c-]ccnc3F)nc(C(C)(C)c3cc(N(c4ccccc4)c4ccc(C(C)(C)C)cc4)cc(C4C=C(c5ccccc5)N=N4)n3)c2)cc1.[Pt]. The first kappa shape index (κ1) is 44.7. The number of benzene rings is 5. The molecule has 9 rings (SSSR count). The summed E-state index contributed by atoms with van der Waals surface area (Å²) in [6, 6.07) is 60.3. The molecule has 0 N–H and O–H groups in total. The molecule has 0 amide bonds. The molecule has 0 fully saturated rings. The smallest absolute Gasteiger partial charge is 0.134 e. The molecular weight excluding hydrogens is 985 g/mol. The minimum absolute atomic E-state index is 0. The number of anilines is 6. The minimum atomic E-state index is -0.857. The largest absolute Gasteiger partial charge is 0.326 e. The molecule has 326 valence electrons. The summed E-state index contributed by atoms with van der Waals surface area (Å²) >= 11 is 0. The van der Waals surface area contributed by atoms with Crippen LogP contribution in [0.25, 0.3) is 17.0 Å². The Balaban J connectivity index is 0.00000576. The summed E-state index contributed by atoms with van der Waals surface area (Å²) in [6.45, 7) is 13.0. The van der Waals surface area contributed by atoms with Crippen molar-refractivity contribution in [2.75, 3.05) is 9.80 Å². The molecule has 8 aromatic rings. The van der Waals surface area contributed by atoms with E-state index in [0.29, 0.717) is 11.4 Å². The quantitative estimate of drug-likeness (QED) is 0.0954. The summed E-state index contributed by atoms with van der Waals surface area (Å²) in [5, 5.41) is 9.45. The van der Waals surface area contributed by atoms with Crippen molar-refractivity contribution in [2.24, 2.45) is 10.2 Å². The molecule has 0 saturated heterocycles. The van der Waals surface area contributed by atoms with Gasteiger partial charge in [-0.1, -0.05) is 135 Å². The van der Waals surface area contributed by atoms with E-state index in [0.717, 1.165) is 62.3 Å². The normalized spacial score (nSPS) is 13.5.